The lowest BCUT2D eigenvalue weighted by molar-refractivity contribution is -0.122. The first-order chi connectivity index (χ1) is 11.7. The highest BCUT2D eigenvalue weighted by Gasteiger charge is 2.39. The van der Waals surface area contributed by atoms with Crippen LogP contribution in [0.3, 0.4) is 0 Å². The molecule has 0 radical (unpaired) electrons. The summed E-state index contributed by atoms with van der Waals surface area (Å²) in [6.07, 6.45) is 1.05. The van der Waals surface area contributed by atoms with E-state index in [4.69, 9.17) is 11.6 Å². The molecule has 0 saturated heterocycles. The number of benzene rings is 1. The normalized spacial score (nSPS) is 19.4. The first kappa shape index (κ1) is 23.0. The van der Waals surface area contributed by atoms with E-state index in [1.54, 1.807) is 0 Å². The maximum atomic E-state index is 12.2. The number of nitrogens with zero attached hydrogens (tertiary/aromatic N) is 2. The molecule has 1 aliphatic carbocycles. The minimum atomic E-state index is -0.235. The number of aliphatic imine (C=N–C) groups is 1. The second-order valence-electron chi connectivity index (χ2n) is 7.60. The van der Waals surface area contributed by atoms with Gasteiger partial charge in [-0.15, -0.1) is 24.0 Å². The zero-order chi connectivity index (χ0) is 18.6. The number of nitrogens with one attached hydrogen (secondary N) is 2. The predicted molar refractivity (Wildman–Crippen MR) is 120 cm³/mol. The van der Waals surface area contributed by atoms with Gasteiger partial charge in [-0.1, -0.05) is 23.7 Å². The molecule has 0 aromatic heterocycles. The number of rotatable bonds is 5. The van der Waals surface area contributed by atoms with E-state index in [0.717, 1.165) is 17.4 Å². The minimum Gasteiger partial charge on any atom is -0.353 e. The summed E-state index contributed by atoms with van der Waals surface area (Å²) in [7, 11) is 1.89. The summed E-state index contributed by atoms with van der Waals surface area (Å²) in [6, 6.07) is 8.33. The summed E-state index contributed by atoms with van der Waals surface area (Å²) in [4.78, 5) is 18.6. The molecule has 2 unspecified atom stereocenters. The molecule has 0 bridgehead atoms. The van der Waals surface area contributed by atoms with E-state index in [1.165, 1.54) is 5.56 Å². The lowest BCUT2D eigenvalue weighted by Gasteiger charge is -2.25. The lowest BCUT2D eigenvalue weighted by Crippen LogP contribution is -2.49. The lowest BCUT2D eigenvalue weighted by atomic mass is 10.1. The van der Waals surface area contributed by atoms with Crippen molar-refractivity contribution in [1.29, 1.82) is 0 Å². The van der Waals surface area contributed by atoms with Crippen LogP contribution in [-0.2, 0) is 4.79 Å². The Morgan fingerprint density at radius 2 is 2.08 bits per heavy atom. The molecule has 1 fully saturated rings. The Morgan fingerprint density at radius 3 is 2.65 bits per heavy atom. The third kappa shape index (κ3) is 7.31. The number of likely N-dealkylation sites (N-methyl/N-ethyl adjacent to an activating group) is 1. The average Bonchev–Trinajstić information content (AvgIpc) is 3.24. The van der Waals surface area contributed by atoms with Gasteiger partial charge >= 0.3 is 0 Å². The molecule has 0 heterocycles. The highest BCUT2D eigenvalue weighted by Crippen LogP contribution is 2.41. The zero-order valence-corrected chi connectivity index (χ0v) is 19.3. The summed E-state index contributed by atoms with van der Waals surface area (Å²) in [5.41, 5.74) is 1.01. The molecule has 2 rings (SSSR count). The summed E-state index contributed by atoms with van der Waals surface area (Å²) < 4.78 is 0. The van der Waals surface area contributed by atoms with Crippen molar-refractivity contribution in [2.24, 2.45) is 4.99 Å². The maximum Gasteiger partial charge on any atom is 0.240 e. The van der Waals surface area contributed by atoms with E-state index in [-0.39, 0.29) is 42.0 Å². The summed E-state index contributed by atoms with van der Waals surface area (Å²) in [5.74, 6) is 1.20. The fraction of sp³-hybridized carbons (Fsp3) is 0.579. The molecule has 7 heteroatoms. The summed E-state index contributed by atoms with van der Waals surface area (Å²) >= 11 is 6.08. The van der Waals surface area contributed by atoms with Gasteiger partial charge in [-0.2, -0.15) is 0 Å². The summed E-state index contributed by atoms with van der Waals surface area (Å²) in [6.45, 7) is 8.86. The molecule has 1 amide bonds. The third-order valence-electron chi connectivity index (χ3n) is 3.95. The van der Waals surface area contributed by atoms with Crippen LogP contribution in [0.1, 0.15) is 45.6 Å². The van der Waals surface area contributed by atoms with Gasteiger partial charge in [0.15, 0.2) is 5.96 Å². The second-order valence-corrected chi connectivity index (χ2v) is 8.04. The first-order valence-corrected chi connectivity index (χ1v) is 9.16. The topological polar surface area (TPSA) is 56.7 Å². The number of carbonyl (C=O) groups excluding carboxylic acids is 1. The maximum absolute atomic E-state index is 12.2. The van der Waals surface area contributed by atoms with E-state index in [9.17, 15) is 4.79 Å². The fourth-order valence-electron chi connectivity index (χ4n) is 2.80. The number of carbonyl (C=O) groups is 1. The van der Waals surface area contributed by atoms with Gasteiger partial charge in [0.05, 0.1) is 6.54 Å². The molecular formula is C19H30ClIN4O. The fourth-order valence-corrected chi connectivity index (χ4v) is 3.00. The van der Waals surface area contributed by atoms with Gasteiger partial charge in [0.2, 0.25) is 5.91 Å². The number of hydrogen-bond acceptors (Lipinski definition) is 2. The first-order valence-electron chi connectivity index (χ1n) is 8.78. The number of amides is 1. The van der Waals surface area contributed by atoms with Crippen LogP contribution < -0.4 is 10.6 Å². The molecule has 1 aliphatic rings. The molecule has 26 heavy (non-hydrogen) atoms. The number of halogens is 2. The highest BCUT2D eigenvalue weighted by molar-refractivity contribution is 14.0. The Labute approximate surface area is 179 Å². The van der Waals surface area contributed by atoms with Gasteiger partial charge in [0, 0.05) is 36.1 Å². The zero-order valence-electron chi connectivity index (χ0n) is 16.2. The second kappa shape index (κ2) is 9.78. The molecule has 1 aromatic carbocycles. The molecule has 0 aliphatic heterocycles. The van der Waals surface area contributed by atoms with Crippen molar-refractivity contribution in [3.8, 4) is 0 Å². The Bertz CT molecular complexity index is 645. The van der Waals surface area contributed by atoms with Crippen molar-refractivity contribution in [1.82, 2.24) is 15.5 Å². The van der Waals surface area contributed by atoms with Crippen LogP contribution in [0.15, 0.2) is 29.3 Å². The van der Waals surface area contributed by atoms with Crippen LogP contribution in [0.5, 0.6) is 0 Å². The van der Waals surface area contributed by atoms with Gasteiger partial charge in [0.25, 0.3) is 0 Å². The van der Waals surface area contributed by atoms with Crippen molar-refractivity contribution in [2.75, 3.05) is 20.1 Å². The van der Waals surface area contributed by atoms with E-state index < -0.39 is 0 Å². The van der Waals surface area contributed by atoms with E-state index in [2.05, 4.69) is 21.7 Å². The predicted octanol–water partition coefficient (Wildman–Crippen LogP) is 3.63. The van der Waals surface area contributed by atoms with E-state index in [0.29, 0.717) is 18.5 Å². The van der Waals surface area contributed by atoms with Crippen LogP contribution in [0.2, 0.25) is 5.02 Å². The van der Waals surface area contributed by atoms with Crippen LogP contribution >= 0.6 is 35.6 Å². The van der Waals surface area contributed by atoms with Gasteiger partial charge in [-0.05, 0) is 51.8 Å². The van der Waals surface area contributed by atoms with Crippen molar-refractivity contribution in [2.45, 2.75) is 51.6 Å². The van der Waals surface area contributed by atoms with Gasteiger partial charge in [0.1, 0.15) is 0 Å². The molecule has 5 nitrogen and oxygen atoms in total. The van der Waals surface area contributed by atoms with Crippen molar-refractivity contribution >= 4 is 47.4 Å². The average molecular weight is 493 g/mol. The molecule has 0 spiro atoms. The van der Waals surface area contributed by atoms with Crippen molar-refractivity contribution < 1.29 is 4.79 Å². The minimum absolute atomic E-state index is 0. The smallest absolute Gasteiger partial charge is 0.240 e. The largest absolute Gasteiger partial charge is 0.353 e. The molecular weight excluding hydrogens is 463 g/mol. The quantitative estimate of drug-likeness (QED) is 0.375. The van der Waals surface area contributed by atoms with Gasteiger partial charge in [-0.3, -0.25) is 9.79 Å². The Hall–Kier alpha value is -1.02. The van der Waals surface area contributed by atoms with E-state index >= 15 is 0 Å². The van der Waals surface area contributed by atoms with Gasteiger partial charge in [-0.25, -0.2) is 0 Å². The Balaban J connectivity index is 0.00000338. The van der Waals surface area contributed by atoms with Gasteiger partial charge < -0.3 is 15.5 Å². The highest BCUT2D eigenvalue weighted by atomic mass is 127. The SMILES string of the molecule is CCN=C(NC1CC1c1cccc(Cl)c1)N(C)CC(=O)NC(C)(C)C.I. The van der Waals surface area contributed by atoms with Crippen LogP contribution in [-0.4, -0.2) is 48.5 Å². The number of hydrogen-bond donors (Lipinski definition) is 2. The molecule has 146 valence electrons. The Morgan fingerprint density at radius 1 is 1.38 bits per heavy atom. The van der Waals surface area contributed by atoms with Crippen LogP contribution in [0.25, 0.3) is 0 Å². The molecule has 1 saturated carbocycles. The Kier molecular flexibility index (Phi) is 8.66. The van der Waals surface area contributed by atoms with Crippen LogP contribution in [0.4, 0.5) is 0 Å². The van der Waals surface area contributed by atoms with Crippen molar-refractivity contribution in [3.63, 3.8) is 0 Å². The monoisotopic (exact) mass is 492 g/mol. The molecule has 2 N–H and O–H groups in total. The molecule has 1 aromatic rings. The standard InChI is InChI=1S/C19H29ClN4O.HI/c1-6-21-18(24(5)12-17(25)23-19(2,3)4)22-16-11-15(16)13-8-7-9-14(20)10-13;/h7-10,15-16H,6,11-12H2,1-5H3,(H,21,22)(H,23,25);1H. The summed E-state index contributed by atoms with van der Waals surface area (Å²) in [5, 5.41) is 7.22. The third-order valence-corrected chi connectivity index (χ3v) is 4.18. The number of guanidine groups is 1. The van der Waals surface area contributed by atoms with Crippen LogP contribution in [0, 0.1) is 0 Å². The van der Waals surface area contributed by atoms with E-state index in [1.807, 2.05) is 57.8 Å². The molecule has 2 atom stereocenters. The van der Waals surface area contributed by atoms with Crippen molar-refractivity contribution in [3.05, 3.63) is 34.9 Å².